The average molecular weight is 231 g/mol. The molecule has 0 aliphatic rings. The largest absolute Gasteiger partial charge is 0.479 e. The fraction of sp³-hybridized carbons (Fsp3) is 0.556. The van der Waals surface area contributed by atoms with Crippen molar-refractivity contribution >= 4 is 17.3 Å². The maximum atomic E-state index is 10.9. The van der Waals surface area contributed by atoms with Crippen molar-refractivity contribution in [3.8, 4) is 0 Å². The van der Waals surface area contributed by atoms with Gasteiger partial charge in [0, 0.05) is 5.38 Å². The van der Waals surface area contributed by atoms with Crippen molar-refractivity contribution in [3.63, 3.8) is 0 Å². The fourth-order valence-corrected chi connectivity index (χ4v) is 1.50. The number of nitrogens with zero attached hydrogens (tertiary/aromatic N) is 1. The van der Waals surface area contributed by atoms with Gasteiger partial charge in [-0.1, -0.05) is 0 Å². The fourth-order valence-electron chi connectivity index (χ4n) is 0.934. The maximum absolute atomic E-state index is 10.9. The minimum absolute atomic E-state index is 0.361. The van der Waals surface area contributed by atoms with E-state index in [1.54, 1.807) is 24.7 Å². The molecule has 0 fully saturated rings. The number of carboxylic acids is 1. The molecule has 84 valence electrons. The zero-order chi connectivity index (χ0) is 11.4. The lowest BCUT2D eigenvalue weighted by Crippen LogP contribution is -2.28. The number of hydrogen-bond acceptors (Lipinski definition) is 5. The van der Waals surface area contributed by atoms with E-state index in [1.165, 1.54) is 11.3 Å². The number of rotatable bonds is 5. The molecule has 0 saturated carbocycles. The minimum Gasteiger partial charge on any atom is -0.479 e. The molecular formula is C9H13NO4S. The molecule has 1 rings (SSSR count). The molecule has 6 heteroatoms. The molecule has 0 amide bonds. The van der Waals surface area contributed by atoms with Gasteiger partial charge in [-0.15, -0.1) is 11.3 Å². The summed E-state index contributed by atoms with van der Waals surface area (Å²) in [6.45, 7) is 3.16. The summed E-state index contributed by atoms with van der Waals surface area (Å²) in [5.41, 5.74) is 1.90. The van der Waals surface area contributed by atoms with E-state index in [0.29, 0.717) is 5.69 Å². The SMILES string of the molecule is CC(O)C(C)OC(C(=O)O)c1cscn1. The minimum atomic E-state index is -1.11. The number of aliphatic hydroxyl groups excluding tert-OH is 1. The highest BCUT2D eigenvalue weighted by Crippen LogP contribution is 2.20. The van der Waals surface area contributed by atoms with E-state index in [2.05, 4.69) is 4.98 Å². The molecule has 3 atom stereocenters. The number of ether oxygens (including phenoxy) is 1. The molecule has 0 bridgehead atoms. The zero-order valence-corrected chi connectivity index (χ0v) is 9.27. The Morgan fingerprint density at radius 2 is 2.27 bits per heavy atom. The Morgan fingerprint density at radius 3 is 2.67 bits per heavy atom. The molecule has 1 aromatic rings. The smallest absolute Gasteiger partial charge is 0.339 e. The molecule has 1 heterocycles. The molecule has 2 N–H and O–H groups in total. The second-order valence-corrected chi connectivity index (χ2v) is 3.93. The van der Waals surface area contributed by atoms with Gasteiger partial charge in [0.15, 0.2) is 6.10 Å². The standard InChI is InChI=1S/C9H13NO4S/c1-5(11)6(2)14-8(9(12)13)7-3-15-4-10-7/h3-6,8,11H,1-2H3,(H,12,13). The van der Waals surface area contributed by atoms with E-state index in [0.717, 1.165) is 0 Å². The van der Waals surface area contributed by atoms with Crippen LogP contribution < -0.4 is 0 Å². The van der Waals surface area contributed by atoms with E-state index >= 15 is 0 Å². The van der Waals surface area contributed by atoms with Crippen LogP contribution in [-0.2, 0) is 9.53 Å². The van der Waals surface area contributed by atoms with Gasteiger partial charge in [0.1, 0.15) is 0 Å². The molecule has 1 aromatic heterocycles. The maximum Gasteiger partial charge on any atom is 0.339 e. The van der Waals surface area contributed by atoms with E-state index < -0.39 is 24.3 Å². The summed E-state index contributed by atoms with van der Waals surface area (Å²) < 4.78 is 5.21. The van der Waals surface area contributed by atoms with Gasteiger partial charge in [-0.2, -0.15) is 0 Å². The van der Waals surface area contributed by atoms with Crippen LogP contribution in [-0.4, -0.2) is 33.4 Å². The monoisotopic (exact) mass is 231 g/mol. The van der Waals surface area contributed by atoms with E-state index in [1.807, 2.05) is 0 Å². The van der Waals surface area contributed by atoms with Crippen molar-refractivity contribution in [1.82, 2.24) is 4.98 Å². The lowest BCUT2D eigenvalue weighted by Gasteiger charge is -2.19. The molecule has 0 aromatic carbocycles. The number of aromatic nitrogens is 1. The van der Waals surface area contributed by atoms with Crippen molar-refractivity contribution in [3.05, 3.63) is 16.6 Å². The normalized spacial score (nSPS) is 17.0. The van der Waals surface area contributed by atoms with Crippen LogP contribution in [0, 0.1) is 0 Å². The van der Waals surface area contributed by atoms with Gasteiger partial charge < -0.3 is 14.9 Å². The second-order valence-electron chi connectivity index (χ2n) is 3.21. The van der Waals surface area contributed by atoms with Gasteiger partial charge in [-0.25, -0.2) is 9.78 Å². The lowest BCUT2D eigenvalue weighted by atomic mass is 10.2. The quantitative estimate of drug-likeness (QED) is 0.792. The highest BCUT2D eigenvalue weighted by Gasteiger charge is 2.26. The number of carbonyl (C=O) groups is 1. The number of thiazole rings is 1. The molecular weight excluding hydrogens is 218 g/mol. The molecule has 0 aliphatic heterocycles. The molecule has 15 heavy (non-hydrogen) atoms. The van der Waals surface area contributed by atoms with Crippen LogP contribution in [0.2, 0.25) is 0 Å². The van der Waals surface area contributed by atoms with Crippen LogP contribution in [0.1, 0.15) is 25.6 Å². The first kappa shape index (κ1) is 12.1. The summed E-state index contributed by atoms with van der Waals surface area (Å²) in [7, 11) is 0. The van der Waals surface area contributed by atoms with Gasteiger partial charge in [-0.05, 0) is 13.8 Å². The Morgan fingerprint density at radius 1 is 1.60 bits per heavy atom. The lowest BCUT2D eigenvalue weighted by molar-refractivity contribution is -0.158. The molecule has 0 radical (unpaired) electrons. The topological polar surface area (TPSA) is 79.7 Å². The zero-order valence-electron chi connectivity index (χ0n) is 8.45. The summed E-state index contributed by atoms with van der Waals surface area (Å²) in [4.78, 5) is 14.8. The van der Waals surface area contributed by atoms with Crippen molar-refractivity contribution in [2.75, 3.05) is 0 Å². The first-order chi connectivity index (χ1) is 7.02. The third kappa shape index (κ3) is 3.26. The van der Waals surface area contributed by atoms with Gasteiger partial charge in [0.2, 0.25) is 0 Å². The molecule has 5 nitrogen and oxygen atoms in total. The predicted molar refractivity (Wildman–Crippen MR) is 54.7 cm³/mol. The van der Waals surface area contributed by atoms with Gasteiger partial charge in [-0.3, -0.25) is 0 Å². The summed E-state index contributed by atoms with van der Waals surface area (Å²) in [5, 5.41) is 19.8. The Bertz CT molecular complexity index is 312. The van der Waals surface area contributed by atoms with Crippen LogP contribution in [0.15, 0.2) is 10.9 Å². The third-order valence-corrected chi connectivity index (χ3v) is 2.58. The average Bonchev–Trinajstić information content (AvgIpc) is 2.65. The Kier molecular flexibility index (Phi) is 4.19. The third-order valence-electron chi connectivity index (χ3n) is 1.97. The first-order valence-corrected chi connectivity index (χ1v) is 5.41. The number of carboxylic acid groups (broad SMARTS) is 1. The predicted octanol–water partition coefficient (Wildman–Crippen LogP) is 1.05. The first-order valence-electron chi connectivity index (χ1n) is 4.46. The van der Waals surface area contributed by atoms with Crippen LogP contribution in [0.5, 0.6) is 0 Å². The molecule has 0 saturated heterocycles. The number of aliphatic carboxylic acids is 1. The van der Waals surface area contributed by atoms with E-state index in [4.69, 9.17) is 9.84 Å². The highest BCUT2D eigenvalue weighted by molar-refractivity contribution is 7.07. The Labute approximate surface area is 91.3 Å². The highest BCUT2D eigenvalue weighted by atomic mass is 32.1. The van der Waals surface area contributed by atoms with Crippen LogP contribution in [0.3, 0.4) is 0 Å². The van der Waals surface area contributed by atoms with Gasteiger partial charge in [0.25, 0.3) is 0 Å². The van der Waals surface area contributed by atoms with Crippen LogP contribution in [0.25, 0.3) is 0 Å². The van der Waals surface area contributed by atoms with Crippen molar-refractivity contribution in [2.24, 2.45) is 0 Å². The summed E-state index contributed by atoms with van der Waals surface area (Å²) in [6, 6.07) is 0. The van der Waals surface area contributed by atoms with Crippen LogP contribution >= 0.6 is 11.3 Å². The van der Waals surface area contributed by atoms with Gasteiger partial charge >= 0.3 is 5.97 Å². The van der Waals surface area contributed by atoms with E-state index in [9.17, 15) is 9.90 Å². The second kappa shape index (κ2) is 5.20. The molecule has 0 aliphatic carbocycles. The van der Waals surface area contributed by atoms with Gasteiger partial charge in [0.05, 0.1) is 23.4 Å². The number of hydrogen-bond donors (Lipinski definition) is 2. The van der Waals surface area contributed by atoms with Crippen molar-refractivity contribution in [2.45, 2.75) is 32.2 Å². The summed E-state index contributed by atoms with van der Waals surface area (Å²) in [6.07, 6.45) is -2.38. The van der Waals surface area contributed by atoms with Crippen LogP contribution in [0.4, 0.5) is 0 Å². The Hall–Kier alpha value is -0.980. The summed E-state index contributed by atoms with van der Waals surface area (Å²) >= 11 is 1.30. The molecule has 0 spiro atoms. The number of aliphatic hydroxyl groups is 1. The van der Waals surface area contributed by atoms with Crippen molar-refractivity contribution in [1.29, 1.82) is 0 Å². The molecule has 3 unspecified atom stereocenters. The van der Waals surface area contributed by atoms with E-state index in [-0.39, 0.29) is 0 Å². The van der Waals surface area contributed by atoms with Crippen molar-refractivity contribution < 1.29 is 19.7 Å². The Balaban J connectivity index is 2.72. The summed E-state index contributed by atoms with van der Waals surface area (Å²) in [5.74, 6) is -1.10.